The summed E-state index contributed by atoms with van der Waals surface area (Å²) in [6.45, 7) is -3.29. The Balaban J connectivity index is 1.42. The third-order valence-electron chi connectivity index (χ3n) is 14.8. The maximum Gasteiger partial charge on any atom is 0.397 e. The Morgan fingerprint density at radius 2 is 0.573 bits per heavy atom. The first-order valence-corrected chi connectivity index (χ1v) is 36.2. The lowest BCUT2D eigenvalue weighted by Crippen LogP contribution is -2.72. The van der Waals surface area contributed by atoms with Gasteiger partial charge in [-0.1, -0.05) is 0 Å². The van der Waals surface area contributed by atoms with Crippen LogP contribution in [0.3, 0.4) is 0 Å². The number of carboxylic acids is 3. The highest BCUT2D eigenvalue weighted by molar-refractivity contribution is 7.82. The number of hydrogen-bond acceptors (Lipinski definition) is 43. The van der Waals surface area contributed by atoms with E-state index in [9.17, 15) is 163 Å². The van der Waals surface area contributed by atoms with Crippen LogP contribution in [0.1, 0.15) is 20.8 Å². The van der Waals surface area contributed by atoms with Crippen molar-refractivity contribution in [2.75, 3.05) is 19.8 Å². The second-order valence-electron chi connectivity index (χ2n) is 22.2. The van der Waals surface area contributed by atoms with Crippen molar-refractivity contribution in [1.82, 2.24) is 16.0 Å². The summed E-state index contributed by atoms with van der Waals surface area (Å²) in [4.78, 5) is 77.1. The van der Waals surface area contributed by atoms with Crippen LogP contribution < -0.4 is 16.0 Å². The minimum atomic E-state index is -6.13. The minimum absolute atomic E-state index is 0.583. The van der Waals surface area contributed by atoms with Crippen molar-refractivity contribution in [3.8, 4) is 0 Å². The maximum atomic E-state index is 13.3. The fraction of sp³-hybridized carbons (Fsp3) is 0.857. The Bertz CT molecular complexity index is 3740. The van der Waals surface area contributed by atoms with Gasteiger partial charge in [-0.2, -0.15) is 50.5 Å². The van der Waals surface area contributed by atoms with Crippen LogP contribution in [-0.4, -0.2) is 373 Å². The number of aliphatic hydroxyl groups is 8. The molecule has 103 heavy (non-hydrogen) atoms. The van der Waals surface area contributed by atoms with E-state index in [4.69, 9.17) is 52.1 Å². The van der Waals surface area contributed by atoms with Crippen molar-refractivity contribution in [1.29, 1.82) is 0 Å². The lowest BCUT2D eigenvalue weighted by Gasteiger charge is -2.51. The monoisotopic (exact) mass is 1640 g/mol. The molecule has 1 unspecified atom stereocenters. The van der Waals surface area contributed by atoms with Crippen molar-refractivity contribution in [3.05, 3.63) is 0 Å². The molecule has 6 saturated heterocycles. The average Bonchev–Trinajstić information content (AvgIpc) is 0.763. The second-order valence-corrected chi connectivity index (χ2v) is 28.6. The molecule has 0 aromatic carbocycles. The first kappa shape index (κ1) is 87.2. The fourth-order valence-corrected chi connectivity index (χ4v) is 13.2. The van der Waals surface area contributed by atoms with Gasteiger partial charge in [-0.25, -0.2) is 39.5 Å². The Hall–Kier alpha value is -4.72. The summed E-state index contributed by atoms with van der Waals surface area (Å²) in [7, 11) is -35.0. The zero-order valence-electron chi connectivity index (χ0n) is 51.3. The topological polar surface area (TPSA) is 844 Å². The fourth-order valence-electron chi connectivity index (χ4n) is 10.8. The van der Waals surface area contributed by atoms with E-state index in [1.54, 1.807) is 0 Å². The summed E-state index contributed by atoms with van der Waals surface area (Å²) < 4.78 is 289. The number of aliphatic hydroxyl groups excluding tert-OH is 8. The van der Waals surface area contributed by atoms with E-state index in [0.29, 0.717) is 20.8 Å². The molecule has 6 rings (SSSR count). The van der Waals surface area contributed by atoms with Gasteiger partial charge in [0.05, 0.1) is 19.8 Å². The van der Waals surface area contributed by atoms with E-state index in [1.807, 2.05) is 16.0 Å². The van der Waals surface area contributed by atoms with Crippen LogP contribution >= 0.6 is 0 Å². The van der Waals surface area contributed by atoms with E-state index in [-0.39, 0.29) is 0 Å². The zero-order chi connectivity index (χ0) is 78.0. The standard InChI is InChI=1S/C42H65N3O52S6/c1-7(46)43-13-16(49)23(95-101(72,73)74)10(4-81-98(63,64)65)84-38(13)90-29-18(51)21(54)41(93-32(29)35(58)59)89-27-15(45-9(3)48)40(86-12(6-83-100(69,70)71)25(27)97-103(78,79)80)92-30-19(52)22(55)42(94-33(30)36(60)61)88-26-14(44-8(2)47)39(91-28-17(50)20(53)37(62)87-31(28)34(56)57)85-11(5-82-99(66,67)68)24(26)96-102(75,76)77/h10-33,37-42,49-55,62H,4-6H2,1-3H3,(H,43,46)(H,44,47)(H,45,48)(H,56,57)(H,58,59)(H,60,61)(H,63,64,65)(H,66,67,68)(H,69,70,71)(H,72,73,74)(H,75,76,77)(H,78,79,80)/t10-,11-,12+,13-,14-,15+,16?,17+,18+,19-,20+,21+,22-,23+,24+,25-,26-,27+,28-,29-,30+,31-,32-,33+,37+,38+,39+,40-,41+,42-/m0/s1. The molecule has 0 radical (unpaired) electrons. The highest BCUT2D eigenvalue weighted by Crippen LogP contribution is 2.40. The van der Waals surface area contributed by atoms with Gasteiger partial charge in [-0.05, 0) is 0 Å². The highest BCUT2D eigenvalue weighted by atomic mass is 32.3. The Kier molecular flexibility index (Phi) is 29.0. The number of amides is 3. The normalized spacial score (nSPS) is 39.5. The van der Waals surface area contributed by atoms with Gasteiger partial charge in [0.2, 0.25) is 17.7 Å². The van der Waals surface area contributed by atoms with Crippen LogP contribution in [0.2, 0.25) is 0 Å². The number of aliphatic carboxylic acids is 3. The summed E-state index contributed by atoms with van der Waals surface area (Å²) >= 11 is 0. The number of carbonyl (C=O) groups excluding carboxylic acids is 3. The predicted octanol–water partition coefficient (Wildman–Crippen LogP) is -14.4. The molecule has 30 atom stereocenters. The van der Waals surface area contributed by atoms with E-state index < -0.39 is 302 Å². The zero-order valence-corrected chi connectivity index (χ0v) is 56.2. The van der Waals surface area contributed by atoms with Gasteiger partial charge in [0.15, 0.2) is 56.1 Å². The first-order chi connectivity index (χ1) is 47.0. The summed E-state index contributed by atoms with van der Waals surface area (Å²) in [5, 5.41) is 127. The van der Waals surface area contributed by atoms with Crippen molar-refractivity contribution >= 4 is 98.0 Å². The van der Waals surface area contributed by atoms with Crippen molar-refractivity contribution in [2.45, 2.75) is 205 Å². The molecule has 55 nitrogen and oxygen atoms in total. The van der Waals surface area contributed by atoms with Gasteiger partial charge in [0.25, 0.3) is 0 Å². The summed E-state index contributed by atoms with van der Waals surface area (Å²) in [6, 6.07) is -7.51. The molecule has 61 heteroatoms. The predicted molar refractivity (Wildman–Crippen MR) is 298 cm³/mol. The van der Waals surface area contributed by atoms with Gasteiger partial charge in [0.1, 0.15) is 128 Å². The molecule has 6 fully saturated rings. The Labute approximate surface area is 576 Å². The molecule has 20 N–H and O–H groups in total. The van der Waals surface area contributed by atoms with E-state index in [2.05, 4.69) is 25.1 Å². The van der Waals surface area contributed by atoms with Crippen LogP contribution in [0.5, 0.6) is 0 Å². The minimum Gasteiger partial charge on any atom is -0.479 e. The van der Waals surface area contributed by atoms with E-state index >= 15 is 0 Å². The van der Waals surface area contributed by atoms with Gasteiger partial charge in [-0.3, -0.25) is 41.7 Å². The van der Waals surface area contributed by atoms with Crippen LogP contribution in [0.15, 0.2) is 0 Å². The third kappa shape index (κ3) is 23.9. The molecule has 0 saturated carbocycles. The number of carboxylic acid groups (broad SMARTS) is 3. The largest absolute Gasteiger partial charge is 0.479 e. The van der Waals surface area contributed by atoms with Crippen LogP contribution in [-0.2, 0) is 168 Å². The van der Waals surface area contributed by atoms with Gasteiger partial charge in [0, 0.05) is 20.8 Å². The van der Waals surface area contributed by atoms with E-state index in [1.165, 1.54) is 0 Å². The molecule has 596 valence electrons. The molecule has 0 aliphatic carbocycles. The second kappa shape index (κ2) is 34.2. The summed E-state index contributed by atoms with van der Waals surface area (Å²) in [5.74, 6) is -10.8. The van der Waals surface area contributed by atoms with E-state index in [0.717, 1.165) is 0 Å². The smallest absolute Gasteiger partial charge is 0.397 e. The highest BCUT2D eigenvalue weighted by Gasteiger charge is 2.62. The number of ether oxygens (including phenoxy) is 11. The molecule has 6 aliphatic heterocycles. The van der Waals surface area contributed by atoms with Crippen molar-refractivity contribution < 1.29 is 240 Å². The number of nitrogens with one attached hydrogen (secondary N) is 3. The van der Waals surface area contributed by atoms with Gasteiger partial charge in [-0.15, -0.1) is 0 Å². The van der Waals surface area contributed by atoms with Crippen LogP contribution in [0.25, 0.3) is 0 Å². The first-order valence-electron chi connectivity index (χ1n) is 28.0. The number of carbonyl (C=O) groups is 6. The SMILES string of the molecule is CC(=O)N[C@@H]1[C@@H](O[C@H]2[C@H](O)[C@@H](O)[C@H](O)O[C@@H]2C(=O)O)O[C@@H](COS(=O)(=O)O)[C@@H](OS(=O)(=O)O)[C@H]1O[C@H]1O[C@@H](C(=O)O)[C@H](O[C@@H]2O[C@H](COS(=O)(=O)O)[C@H](OS(=O)(=O)O)[C@H](O[C@@H]3O[C@H](C(=O)O)[C@@H](O[C@H]4O[C@@H](COS(=O)(=O)O)[C@@H](OS(=O)(=O)O)C(O)[C@@H]4NC(C)=O)[C@H](O)[C@H]3O)[C@H]2NC(C)=O)[C@@H](O)[C@@H]1O. The molecule has 0 aromatic rings. The van der Waals surface area contributed by atoms with Gasteiger partial charge < -0.3 is 124 Å². The number of rotatable bonds is 31. The molecule has 0 bridgehead atoms. The lowest BCUT2D eigenvalue weighted by molar-refractivity contribution is -0.375. The molecule has 6 heterocycles. The van der Waals surface area contributed by atoms with Crippen LogP contribution in [0, 0.1) is 0 Å². The Morgan fingerprint density at radius 3 is 0.864 bits per heavy atom. The molecule has 6 aliphatic rings. The molecule has 0 spiro atoms. The van der Waals surface area contributed by atoms with Gasteiger partial charge >= 0.3 is 80.3 Å². The summed E-state index contributed by atoms with van der Waals surface area (Å²) in [5.41, 5.74) is 0. The third-order valence-corrected chi connectivity index (χ3v) is 17.5. The van der Waals surface area contributed by atoms with Crippen molar-refractivity contribution in [2.24, 2.45) is 0 Å². The number of hydrogen-bond donors (Lipinski definition) is 20. The quantitative estimate of drug-likeness (QED) is 0.0287. The maximum absolute atomic E-state index is 13.3. The molecule has 0 aromatic heterocycles. The van der Waals surface area contributed by atoms with Crippen molar-refractivity contribution in [3.63, 3.8) is 0 Å². The summed E-state index contributed by atoms with van der Waals surface area (Å²) in [6.07, 6.45) is -75.2. The lowest BCUT2D eigenvalue weighted by atomic mass is 9.93. The molecular weight excluding hydrogens is 1570 g/mol. The molecular formula is C42H65N3O52S6. The Morgan fingerprint density at radius 1 is 0.311 bits per heavy atom. The average molecular weight is 1640 g/mol. The van der Waals surface area contributed by atoms with Crippen LogP contribution in [0.4, 0.5) is 0 Å². The molecule has 3 amide bonds.